The molecule has 112 valence electrons. The van der Waals surface area contributed by atoms with Crippen molar-refractivity contribution >= 4 is 28.2 Å². The number of benzene rings is 1. The fourth-order valence-electron chi connectivity index (χ4n) is 2.36. The van der Waals surface area contributed by atoms with Crippen LogP contribution in [0.25, 0.3) is 11.0 Å². The first-order valence-corrected chi connectivity index (χ1v) is 7.97. The number of fused-ring (bicyclic) bond motifs is 1. The number of nitrogens with zero attached hydrogens (tertiary/aromatic N) is 3. The Hall–Kier alpha value is -2.11. The molecule has 0 radical (unpaired) electrons. The Bertz CT molecular complexity index is 812. The summed E-state index contributed by atoms with van der Waals surface area (Å²) in [5.41, 5.74) is 3.94. The number of ketones is 1. The van der Waals surface area contributed by atoms with Crippen LogP contribution in [-0.4, -0.2) is 27.7 Å². The second kappa shape index (κ2) is 6.34. The lowest BCUT2D eigenvalue weighted by Gasteiger charge is -2.15. The molecule has 3 rings (SSSR count). The predicted molar refractivity (Wildman–Crippen MR) is 89.0 cm³/mol. The molecule has 0 aliphatic heterocycles. The molecule has 0 saturated heterocycles. The zero-order valence-corrected chi connectivity index (χ0v) is 13.4. The highest BCUT2D eigenvalue weighted by atomic mass is 32.1. The summed E-state index contributed by atoms with van der Waals surface area (Å²) in [6.07, 6.45) is 1.83. The van der Waals surface area contributed by atoms with Crippen LogP contribution in [0.1, 0.15) is 27.9 Å². The number of hydrogen-bond donors (Lipinski definition) is 0. The van der Waals surface area contributed by atoms with E-state index >= 15 is 0 Å². The van der Waals surface area contributed by atoms with Crippen LogP contribution >= 0.6 is 11.3 Å². The van der Waals surface area contributed by atoms with Gasteiger partial charge in [0.05, 0.1) is 27.8 Å². The van der Waals surface area contributed by atoms with Gasteiger partial charge in [0.2, 0.25) is 0 Å². The van der Waals surface area contributed by atoms with Gasteiger partial charge >= 0.3 is 0 Å². The second-order valence-electron chi connectivity index (χ2n) is 5.40. The molecule has 2 heterocycles. The van der Waals surface area contributed by atoms with E-state index in [1.54, 1.807) is 6.92 Å². The first-order chi connectivity index (χ1) is 10.6. The first kappa shape index (κ1) is 14.8. The summed E-state index contributed by atoms with van der Waals surface area (Å²) in [7, 11) is 2.04. The minimum Gasteiger partial charge on any atom is -0.296 e. The number of Topliss-reactive ketones (excluding diaryl/α,β-unsaturated/α-hetero) is 1. The van der Waals surface area contributed by atoms with E-state index in [1.165, 1.54) is 11.3 Å². The van der Waals surface area contributed by atoms with Gasteiger partial charge in [-0.15, -0.1) is 11.3 Å². The topological polar surface area (TPSA) is 46.1 Å². The molecule has 5 heteroatoms. The summed E-state index contributed by atoms with van der Waals surface area (Å²) < 4.78 is 0. The number of aromatic nitrogens is 2. The zero-order valence-electron chi connectivity index (χ0n) is 12.6. The van der Waals surface area contributed by atoms with Crippen molar-refractivity contribution < 1.29 is 4.79 Å². The Labute approximate surface area is 133 Å². The van der Waals surface area contributed by atoms with Gasteiger partial charge in [0.25, 0.3) is 0 Å². The maximum Gasteiger partial charge on any atom is 0.169 e. The van der Waals surface area contributed by atoms with Gasteiger partial charge in [-0.25, -0.2) is 4.98 Å². The minimum absolute atomic E-state index is 0.124. The van der Waals surface area contributed by atoms with Crippen molar-refractivity contribution in [3.8, 4) is 0 Å². The Kier molecular flexibility index (Phi) is 4.27. The van der Waals surface area contributed by atoms with Crippen molar-refractivity contribution in [2.24, 2.45) is 0 Å². The molecule has 0 aliphatic rings. The van der Waals surface area contributed by atoms with Gasteiger partial charge in [0.1, 0.15) is 0 Å². The highest BCUT2D eigenvalue weighted by molar-refractivity contribution is 7.12. The van der Waals surface area contributed by atoms with Gasteiger partial charge in [-0.3, -0.25) is 14.7 Å². The molecule has 0 atom stereocenters. The highest BCUT2D eigenvalue weighted by Crippen LogP contribution is 2.17. The summed E-state index contributed by atoms with van der Waals surface area (Å²) in [5, 5.41) is 2.04. The summed E-state index contributed by atoms with van der Waals surface area (Å²) in [6, 6.07) is 9.84. The van der Waals surface area contributed by atoms with E-state index in [-0.39, 0.29) is 5.78 Å². The quantitative estimate of drug-likeness (QED) is 0.676. The smallest absolute Gasteiger partial charge is 0.169 e. The Balaban J connectivity index is 1.69. The molecular weight excluding hydrogens is 294 g/mol. The van der Waals surface area contributed by atoms with Gasteiger partial charge in [0, 0.05) is 13.1 Å². The van der Waals surface area contributed by atoms with Gasteiger partial charge in [-0.1, -0.05) is 12.1 Å². The fourth-order valence-corrected chi connectivity index (χ4v) is 3.17. The molecule has 0 bridgehead atoms. The fraction of sp³-hybridized carbons (Fsp3) is 0.235. The summed E-state index contributed by atoms with van der Waals surface area (Å²) >= 11 is 1.50. The van der Waals surface area contributed by atoms with E-state index in [9.17, 15) is 4.79 Å². The summed E-state index contributed by atoms with van der Waals surface area (Å²) in [4.78, 5) is 23.4. The lowest BCUT2D eigenvalue weighted by molar-refractivity contribution is 0.102. The second-order valence-corrected chi connectivity index (χ2v) is 6.31. The Morgan fingerprint density at radius 1 is 1.23 bits per heavy atom. The molecular formula is C17H17N3OS. The standard InChI is InChI=1S/C17H17N3OS/c1-12(21)17-7-13(11-22-17)9-20(2)10-14-8-18-15-5-3-4-6-16(15)19-14/h3-8,11H,9-10H2,1-2H3. The molecule has 2 aromatic heterocycles. The SMILES string of the molecule is CC(=O)c1cc(CN(C)Cc2cnc3ccccc3n2)cs1. The molecule has 0 saturated carbocycles. The van der Waals surface area contributed by atoms with E-state index in [4.69, 9.17) is 0 Å². The largest absolute Gasteiger partial charge is 0.296 e. The van der Waals surface area contributed by atoms with E-state index in [2.05, 4.69) is 14.9 Å². The molecule has 0 fully saturated rings. The molecule has 0 N–H and O–H groups in total. The minimum atomic E-state index is 0.124. The van der Waals surface area contributed by atoms with E-state index in [0.29, 0.717) is 0 Å². The molecule has 0 amide bonds. The van der Waals surface area contributed by atoms with E-state index in [1.807, 2.05) is 49.0 Å². The number of para-hydroxylation sites is 2. The van der Waals surface area contributed by atoms with Crippen molar-refractivity contribution in [2.45, 2.75) is 20.0 Å². The average Bonchev–Trinajstić information content (AvgIpc) is 2.95. The van der Waals surface area contributed by atoms with Crippen molar-refractivity contribution in [3.05, 3.63) is 58.0 Å². The first-order valence-electron chi connectivity index (χ1n) is 7.09. The molecule has 22 heavy (non-hydrogen) atoms. The molecule has 0 aliphatic carbocycles. The van der Waals surface area contributed by atoms with Crippen molar-refractivity contribution in [2.75, 3.05) is 7.05 Å². The Morgan fingerprint density at radius 3 is 2.73 bits per heavy atom. The zero-order chi connectivity index (χ0) is 15.5. The molecule has 1 aromatic carbocycles. The van der Waals surface area contributed by atoms with Crippen LogP contribution in [0.15, 0.2) is 41.9 Å². The van der Waals surface area contributed by atoms with Gasteiger partial charge < -0.3 is 0 Å². The van der Waals surface area contributed by atoms with Crippen LogP contribution in [0.3, 0.4) is 0 Å². The number of thiophene rings is 1. The molecule has 3 aromatic rings. The van der Waals surface area contributed by atoms with Crippen LogP contribution in [-0.2, 0) is 13.1 Å². The summed E-state index contributed by atoms with van der Waals surface area (Å²) in [6.45, 7) is 3.12. The normalized spacial score (nSPS) is 11.2. The Morgan fingerprint density at radius 2 is 2.00 bits per heavy atom. The van der Waals surface area contributed by atoms with Crippen LogP contribution in [0.4, 0.5) is 0 Å². The third-order valence-corrected chi connectivity index (χ3v) is 4.46. The third-order valence-electron chi connectivity index (χ3n) is 3.38. The van der Waals surface area contributed by atoms with Crippen molar-refractivity contribution in [3.63, 3.8) is 0 Å². The van der Waals surface area contributed by atoms with Crippen molar-refractivity contribution in [1.29, 1.82) is 0 Å². The van der Waals surface area contributed by atoms with Crippen LogP contribution in [0.5, 0.6) is 0 Å². The van der Waals surface area contributed by atoms with Gasteiger partial charge in [-0.05, 0) is 43.1 Å². The maximum atomic E-state index is 11.3. The van der Waals surface area contributed by atoms with Crippen LogP contribution in [0.2, 0.25) is 0 Å². The lowest BCUT2D eigenvalue weighted by atomic mass is 10.2. The summed E-state index contributed by atoms with van der Waals surface area (Å²) in [5.74, 6) is 0.124. The average molecular weight is 311 g/mol. The molecule has 0 spiro atoms. The lowest BCUT2D eigenvalue weighted by Crippen LogP contribution is -2.17. The van der Waals surface area contributed by atoms with E-state index < -0.39 is 0 Å². The van der Waals surface area contributed by atoms with Crippen molar-refractivity contribution in [1.82, 2.24) is 14.9 Å². The highest BCUT2D eigenvalue weighted by Gasteiger charge is 2.08. The van der Waals surface area contributed by atoms with E-state index in [0.717, 1.165) is 40.3 Å². The molecule has 0 unspecified atom stereocenters. The monoisotopic (exact) mass is 311 g/mol. The molecule has 4 nitrogen and oxygen atoms in total. The van der Waals surface area contributed by atoms with Crippen LogP contribution < -0.4 is 0 Å². The number of rotatable bonds is 5. The predicted octanol–water partition coefficient (Wildman–Crippen LogP) is 3.53. The maximum absolute atomic E-state index is 11.3. The number of hydrogen-bond acceptors (Lipinski definition) is 5. The van der Waals surface area contributed by atoms with Gasteiger partial charge in [0.15, 0.2) is 5.78 Å². The number of carbonyl (C=O) groups is 1. The third kappa shape index (κ3) is 3.37. The van der Waals surface area contributed by atoms with Gasteiger partial charge in [-0.2, -0.15) is 0 Å². The van der Waals surface area contributed by atoms with Crippen LogP contribution in [0, 0.1) is 0 Å². The number of carbonyl (C=O) groups excluding carboxylic acids is 1.